The average molecular weight is 521 g/mol. The van der Waals surface area contributed by atoms with Crippen LogP contribution in [0.2, 0.25) is 5.02 Å². The number of hydrogen-bond acceptors (Lipinski definition) is 6. The number of nitrogens with zero attached hydrogens (tertiary/aromatic N) is 2. The van der Waals surface area contributed by atoms with Gasteiger partial charge in [-0.05, 0) is 56.6 Å². The van der Waals surface area contributed by atoms with Gasteiger partial charge in [-0.3, -0.25) is 9.59 Å². The van der Waals surface area contributed by atoms with Crippen LogP contribution in [0.4, 0.5) is 10.1 Å². The number of likely N-dealkylation sites (N-methyl/N-ethyl adjacent to an activating group) is 1. The molecule has 10 heteroatoms. The molecular weight excluding hydrogens is 487 g/mol. The maximum absolute atomic E-state index is 13.2. The van der Waals surface area contributed by atoms with Crippen LogP contribution >= 0.6 is 11.6 Å². The first-order chi connectivity index (χ1) is 17.1. The van der Waals surface area contributed by atoms with E-state index in [1.807, 2.05) is 14.1 Å². The standard InChI is InChI=1S/C26H34ClFN4O4/c1-31(2)15-18(6-5-17-7-9-19(28)10-8-17)13-30-26(34)24-14-29-21-11-20(27)22(12-23(21)36-24)35-16-25(33)32(3)4/h7-12,18,24,29H,5-6,13-16H2,1-4H3,(H,30,34). The zero-order valence-electron chi connectivity index (χ0n) is 21.1. The first-order valence-electron chi connectivity index (χ1n) is 11.9. The molecule has 2 aromatic rings. The van der Waals surface area contributed by atoms with E-state index in [4.69, 9.17) is 21.1 Å². The monoisotopic (exact) mass is 520 g/mol. The molecule has 0 aliphatic carbocycles. The highest BCUT2D eigenvalue weighted by molar-refractivity contribution is 6.32. The number of carbonyl (C=O) groups is 2. The number of benzene rings is 2. The van der Waals surface area contributed by atoms with Crippen molar-refractivity contribution in [1.82, 2.24) is 15.1 Å². The fraction of sp³-hybridized carbons (Fsp3) is 0.462. The minimum atomic E-state index is -0.730. The van der Waals surface area contributed by atoms with Crippen molar-refractivity contribution in [1.29, 1.82) is 0 Å². The van der Waals surface area contributed by atoms with Crippen molar-refractivity contribution in [2.45, 2.75) is 18.9 Å². The van der Waals surface area contributed by atoms with Gasteiger partial charge in [-0.1, -0.05) is 23.7 Å². The van der Waals surface area contributed by atoms with Crippen molar-refractivity contribution in [2.24, 2.45) is 5.92 Å². The molecule has 2 amide bonds. The third-order valence-electron chi connectivity index (χ3n) is 5.87. The molecule has 36 heavy (non-hydrogen) atoms. The smallest absolute Gasteiger partial charge is 0.262 e. The molecule has 2 aromatic carbocycles. The molecule has 0 aromatic heterocycles. The number of carbonyl (C=O) groups excluding carboxylic acids is 2. The minimum Gasteiger partial charge on any atom is -0.482 e. The summed E-state index contributed by atoms with van der Waals surface area (Å²) in [7, 11) is 7.27. The number of anilines is 1. The van der Waals surface area contributed by atoms with Crippen molar-refractivity contribution in [3.63, 3.8) is 0 Å². The maximum Gasteiger partial charge on any atom is 0.262 e. The first kappa shape index (κ1) is 27.5. The Hall–Kier alpha value is -3.04. The summed E-state index contributed by atoms with van der Waals surface area (Å²) in [6.45, 7) is 1.43. The third kappa shape index (κ3) is 7.99. The van der Waals surface area contributed by atoms with Gasteiger partial charge in [0.1, 0.15) is 17.3 Å². The van der Waals surface area contributed by atoms with E-state index in [9.17, 15) is 14.0 Å². The summed E-state index contributed by atoms with van der Waals surface area (Å²) < 4.78 is 24.7. The molecule has 1 heterocycles. The predicted octanol–water partition coefficient (Wildman–Crippen LogP) is 3.05. The number of halogens is 2. The number of rotatable bonds is 11. The Morgan fingerprint density at radius 2 is 1.94 bits per heavy atom. The van der Waals surface area contributed by atoms with E-state index in [1.165, 1.54) is 17.0 Å². The highest BCUT2D eigenvalue weighted by Gasteiger charge is 2.28. The number of nitrogens with one attached hydrogen (secondary N) is 2. The van der Waals surface area contributed by atoms with Gasteiger partial charge in [0.15, 0.2) is 12.7 Å². The van der Waals surface area contributed by atoms with Crippen LogP contribution in [-0.4, -0.2) is 82.1 Å². The van der Waals surface area contributed by atoms with Crippen LogP contribution in [0, 0.1) is 11.7 Å². The largest absolute Gasteiger partial charge is 0.482 e. The van der Waals surface area contributed by atoms with E-state index in [0.717, 1.165) is 24.9 Å². The molecule has 0 saturated heterocycles. The van der Waals surface area contributed by atoms with Crippen LogP contribution in [0.15, 0.2) is 36.4 Å². The van der Waals surface area contributed by atoms with Crippen LogP contribution < -0.4 is 20.1 Å². The summed E-state index contributed by atoms with van der Waals surface area (Å²) in [6, 6.07) is 9.76. The summed E-state index contributed by atoms with van der Waals surface area (Å²) in [5.74, 6) is 0.276. The van der Waals surface area contributed by atoms with Crippen molar-refractivity contribution >= 4 is 29.1 Å². The van der Waals surface area contributed by atoms with Gasteiger partial charge < -0.3 is 29.9 Å². The molecule has 0 radical (unpaired) electrons. The zero-order valence-corrected chi connectivity index (χ0v) is 21.9. The molecule has 0 bridgehead atoms. The summed E-state index contributed by atoms with van der Waals surface area (Å²) in [4.78, 5) is 28.3. The van der Waals surface area contributed by atoms with Crippen molar-refractivity contribution < 1.29 is 23.5 Å². The van der Waals surface area contributed by atoms with Crippen LogP contribution in [0.1, 0.15) is 12.0 Å². The van der Waals surface area contributed by atoms with E-state index in [-0.39, 0.29) is 30.2 Å². The summed E-state index contributed by atoms with van der Waals surface area (Å²) >= 11 is 6.28. The lowest BCUT2D eigenvalue weighted by Crippen LogP contribution is -2.46. The summed E-state index contributed by atoms with van der Waals surface area (Å²) in [6.07, 6.45) is 0.914. The Bertz CT molecular complexity index is 1050. The van der Waals surface area contributed by atoms with Gasteiger partial charge in [0.25, 0.3) is 11.8 Å². The quantitative estimate of drug-likeness (QED) is 0.474. The second kappa shape index (κ2) is 12.8. The van der Waals surface area contributed by atoms with E-state index in [0.29, 0.717) is 35.3 Å². The van der Waals surface area contributed by atoms with Gasteiger partial charge in [-0.2, -0.15) is 0 Å². The fourth-order valence-electron chi connectivity index (χ4n) is 3.85. The fourth-order valence-corrected chi connectivity index (χ4v) is 4.07. The number of ether oxygens (including phenoxy) is 2. The van der Waals surface area contributed by atoms with Crippen LogP contribution in [-0.2, 0) is 16.0 Å². The number of fused-ring (bicyclic) bond motifs is 1. The Balaban J connectivity index is 1.57. The van der Waals surface area contributed by atoms with Crippen LogP contribution in [0.25, 0.3) is 0 Å². The molecule has 2 N–H and O–H groups in total. The van der Waals surface area contributed by atoms with E-state index < -0.39 is 6.10 Å². The van der Waals surface area contributed by atoms with E-state index >= 15 is 0 Å². The Morgan fingerprint density at radius 3 is 2.61 bits per heavy atom. The molecule has 0 saturated carbocycles. The normalized spacial score (nSPS) is 15.4. The lowest BCUT2D eigenvalue weighted by molar-refractivity contribution is -0.130. The predicted molar refractivity (Wildman–Crippen MR) is 138 cm³/mol. The SMILES string of the molecule is CN(C)CC(CCc1ccc(F)cc1)CNC(=O)C1CNc2cc(Cl)c(OCC(=O)N(C)C)cc2O1. The van der Waals surface area contributed by atoms with Crippen molar-refractivity contribution in [3.8, 4) is 11.5 Å². The molecule has 2 unspecified atom stereocenters. The molecular formula is C26H34ClFN4O4. The van der Waals surface area contributed by atoms with Gasteiger partial charge in [-0.25, -0.2) is 4.39 Å². The Labute approximate surface area is 216 Å². The topological polar surface area (TPSA) is 83.1 Å². The molecule has 0 fully saturated rings. The molecule has 1 aliphatic heterocycles. The molecule has 196 valence electrons. The Kier molecular flexibility index (Phi) is 9.78. The molecule has 2 atom stereocenters. The average Bonchev–Trinajstić information content (AvgIpc) is 2.84. The highest BCUT2D eigenvalue weighted by Crippen LogP contribution is 2.38. The minimum absolute atomic E-state index is 0.159. The lowest BCUT2D eigenvalue weighted by atomic mass is 9.98. The summed E-state index contributed by atoms with van der Waals surface area (Å²) in [5, 5.41) is 6.53. The number of amides is 2. The second-order valence-electron chi connectivity index (χ2n) is 9.38. The van der Waals surface area contributed by atoms with Gasteiger partial charge in [0.05, 0.1) is 17.3 Å². The van der Waals surface area contributed by atoms with Gasteiger partial charge in [0.2, 0.25) is 0 Å². The maximum atomic E-state index is 13.2. The molecule has 1 aliphatic rings. The van der Waals surface area contributed by atoms with Crippen molar-refractivity contribution in [3.05, 3.63) is 52.8 Å². The summed E-state index contributed by atoms with van der Waals surface area (Å²) in [5.41, 5.74) is 1.71. The van der Waals surface area contributed by atoms with Gasteiger partial charge in [0, 0.05) is 33.3 Å². The van der Waals surface area contributed by atoms with Gasteiger partial charge in [-0.15, -0.1) is 0 Å². The van der Waals surface area contributed by atoms with E-state index in [2.05, 4.69) is 15.5 Å². The zero-order chi connectivity index (χ0) is 26.2. The molecule has 3 rings (SSSR count). The number of aryl methyl sites for hydroxylation is 1. The first-order valence-corrected chi connectivity index (χ1v) is 12.2. The highest BCUT2D eigenvalue weighted by atomic mass is 35.5. The third-order valence-corrected chi connectivity index (χ3v) is 6.16. The van der Waals surface area contributed by atoms with Crippen molar-refractivity contribution in [2.75, 3.05) is 59.7 Å². The lowest BCUT2D eigenvalue weighted by Gasteiger charge is -2.28. The Morgan fingerprint density at radius 1 is 1.22 bits per heavy atom. The van der Waals surface area contributed by atoms with Crippen LogP contribution in [0.3, 0.4) is 0 Å². The van der Waals surface area contributed by atoms with Gasteiger partial charge >= 0.3 is 0 Å². The molecule has 0 spiro atoms. The number of hydrogen-bond donors (Lipinski definition) is 2. The second-order valence-corrected chi connectivity index (χ2v) is 9.79. The molecule has 8 nitrogen and oxygen atoms in total. The van der Waals surface area contributed by atoms with E-state index in [1.54, 1.807) is 38.4 Å². The van der Waals surface area contributed by atoms with Crippen LogP contribution in [0.5, 0.6) is 11.5 Å².